The summed E-state index contributed by atoms with van der Waals surface area (Å²) in [6.45, 7) is 3.88. The van der Waals surface area contributed by atoms with E-state index in [9.17, 15) is 18.0 Å². The van der Waals surface area contributed by atoms with Crippen LogP contribution in [0.2, 0.25) is 0 Å². The first-order chi connectivity index (χ1) is 14.2. The lowest BCUT2D eigenvalue weighted by Crippen LogP contribution is -2.59. The third-order valence-corrected chi connectivity index (χ3v) is 8.10. The molecule has 1 saturated heterocycles. The van der Waals surface area contributed by atoms with Gasteiger partial charge in [-0.1, -0.05) is 36.8 Å². The van der Waals surface area contributed by atoms with Crippen LogP contribution in [0, 0.1) is 14.9 Å². The van der Waals surface area contributed by atoms with Crippen LogP contribution in [-0.4, -0.2) is 42.2 Å². The first-order valence-electron chi connectivity index (χ1n) is 10.8. The number of hydrogen-bond acceptors (Lipinski definition) is 2. The zero-order valence-electron chi connectivity index (χ0n) is 17.1. The molecule has 30 heavy (non-hydrogen) atoms. The maximum atomic E-state index is 13.4. The van der Waals surface area contributed by atoms with Crippen molar-refractivity contribution in [3.63, 3.8) is 0 Å². The second-order valence-electron chi connectivity index (χ2n) is 9.03. The number of amides is 1. The van der Waals surface area contributed by atoms with E-state index in [0.717, 1.165) is 47.1 Å². The summed E-state index contributed by atoms with van der Waals surface area (Å²) in [6, 6.07) is 7.40. The first kappa shape index (κ1) is 22.1. The van der Waals surface area contributed by atoms with Crippen molar-refractivity contribution in [3.8, 4) is 0 Å². The zero-order valence-corrected chi connectivity index (χ0v) is 19.3. The molecule has 1 spiro atoms. The highest BCUT2D eigenvalue weighted by Crippen LogP contribution is 2.54. The Kier molecular flexibility index (Phi) is 6.23. The van der Waals surface area contributed by atoms with E-state index in [-0.39, 0.29) is 23.4 Å². The summed E-state index contributed by atoms with van der Waals surface area (Å²) in [6.07, 6.45) is 2.13. The molecule has 164 valence electrons. The van der Waals surface area contributed by atoms with Crippen LogP contribution in [0.3, 0.4) is 0 Å². The fraction of sp³-hybridized carbons (Fsp3) is 0.609. The zero-order chi connectivity index (χ0) is 21.5. The molecule has 2 aliphatic carbocycles. The highest BCUT2D eigenvalue weighted by molar-refractivity contribution is 14.1. The monoisotopic (exact) mass is 532 g/mol. The molecule has 1 aromatic carbocycles. The molecule has 2 saturated carbocycles. The molecule has 4 rings (SSSR count). The van der Waals surface area contributed by atoms with Crippen molar-refractivity contribution in [1.82, 2.24) is 10.2 Å². The summed E-state index contributed by atoms with van der Waals surface area (Å²) in [4.78, 5) is 13.6. The normalized spacial score (nSPS) is 26.4. The fourth-order valence-corrected chi connectivity index (χ4v) is 5.93. The van der Waals surface area contributed by atoms with Gasteiger partial charge in [-0.3, -0.25) is 4.79 Å². The molecule has 1 amide bonds. The van der Waals surface area contributed by atoms with E-state index in [0.29, 0.717) is 19.3 Å². The van der Waals surface area contributed by atoms with E-state index in [1.807, 2.05) is 31.2 Å². The van der Waals surface area contributed by atoms with E-state index in [1.165, 1.54) is 4.90 Å². The van der Waals surface area contributed by atoms with Crippen LogP contribution in [-0.2, 0) is 4.79 Å². The number of alkyl halides is 3. The highest BCUT2D eigenvalue weighted by Gasteiger charge is 2.58. The molecular formula is C23H28F3IN2O. The Balaban J connectivity index is 1.52. The molecule has 3 nitrogen and oxygen atoms in total. The summed E-state index contributed by atoms with van der Waals surface area (Å²) < 4.78 is 41.4. The van der Waals surface area contributed by atoms with E-state index in [1.54, 1.807) is 0 Å². The Bertz CT molecular complexity index is 824. The van der Waals surface area contributed by atoms with Crippen LogP contribution in [0.25, 0.3) is 6.08 Å². The lowest BCUT2D eigenvalue weighted by Gasteiger charge is -2.54. The van der Waals surface area contributed by atoms with Crippen molar-refractivity contribution in [2.45, 2.75) is 63.7 Å². The number of piperidine rings is 1. The average molecular weight is 532 g/mol. The van der Waals surface area contributed by atoms with Crippen molar-refractivity contribution in [2.24, 2.45) is 11.3 Å². The van der Waals surface area contributed by atoms with Gasteiger partial charge in [0.05, 0.1) is 0 Å². The number of nitrogens with one attached hydrogen (secondary N) is 1. The van der Waals surface area contributed by atoms with Crippen LogP contribution in [0.15, 0.2) is 29.8 Å². The van der Waals surface area contributed by atoms with Crippen LogP contribution in [0.1, 0.15) is 51.0 Å². The topological polar surface area (TPSA) is 32.3 Å². The van der Waals surface area contributed by atoms with E-state index in [4.69, 9.17) is 0 Å². The molecule has 1 aromatic rings. The van der Waals surface area contributed by atoms with Crippen LogP contribution in [0.4, 0.5) is 13.2 Å². The van der Waals surface area contributed by atoms with Gasteiger partial charge in [0.1, 0.15) is 0 Å². The first-order valence-corrected chi connectivity index (χ1v) is 11.9. The van der Waals surface area contributed by atoms with E-state index >= 15 is 0 Å². The molecule has 3 fully saturated rings. The SMILES string of the molecule is CC/C(=C\c1ccccc1I)[C@@H]1C[C@H]1N(C(=O)C(F)(F)F)C1CC2(CCNCC2)C1. The number of hydrogen-bond donors (Lipinski definition) is 1. The smallest absolute Gasteiger partial charge is 0.328 e. The average Bonchev–Trinajstić information content (AvgIpc) is 3.46. The molecule has 7 heteroatoms. The Morgan fingerprint density at radius 1 is 1.27 bits per heavy atom. The lowest BCUT2D eigenvalue weighted by molar-refractivity contribution is -0.193. The van der Waals surface area contributed by atoms with Crippen molar-refractivity contribution >= 4 is 34.6 Å². The van der Waals surface area contributed by atoms with Gasteiger partial charge in [-0.05, 0) is 91.3 Å². The molecule has 0 unspecified atom stereocenters. The predicted molar refractivity (Wildman–Crippen MR) is 120 cm³/mol. The third kappa shape index (κ3) is 4.42. The molecule has 3 aliphatic rings. The Hall–Kier alpha value is -1.09. The second-order valence-corrected chi connectivity index (χ2v) is 10.2. The third-order valence-electron chi connectivity index (χ3n) is 7.12. The minimum Gasteiger partial charge on any atom is -0.328 e. The summed E-state index contributed by atoms with van der Waals surface area (Å²) in [5, 5.41) is 3.32. The van der Waals surface area contributed by atoms with Crippen molar-refractivity contribution < 1.29 is 18.0 Å². The Labute approximate surface area is 189 Å². The van der Waals surface area contributed by atoms with Crippen molar-refractivity contribution in [2.75, 3.05) is 13.1 Å². The van der Waals surface area contributed by atoms with Crippen LogP contribution < -0.4 is 5.32 Å². The molecule has 0 bridgehead atoms. The van der Waals surface area contributed by atoms with Crippen LogP contribution in [0.5, 0.6) is 0 Å². The number of nitrogens with zero attached hydrogens (tertiary/aromatic N) is 1. The quantitative estimate of drug-likeness (QED) is 0.516. The minimum atomic E-state index is -4.81. The number of rotatable bonds is 5. The van der Waals surface area contributed by atoms with Gasteiger partial charge in [0.25, 0.3) is 0 Å². The summed E-state index contributed by atoms with van der Waals surface area (Å²) >= 11 is 2.28. The van der Waals surface area contributed by atoms with Gasteiger partial charge in [-0.2, -0.15) is 13.2 Å². The van der Waals surface area contributed by atoms with Gasteiger partial charge in [0, 0.05) is 21.6 Å². The van der Waals surface area contributed by atoms with Gasteiger partial charge in [0.15, 0.2) is 0 Å². The van der Waals surface area contributed by atoms with Crippen molar-refractivity contribution in [3.05, 3.63) is 39.0 Å². The molecule has 0 radical (unpaired) electrons. The maximum Gasteiger partial charge on any atom is 0.471 e. The maximum absolute atomic E-state index is 13.4. The lowest BCUT2D eigenvalue weighted by atomic mass is 9.60. The van der Waals surface area contributed by atoms with Crippen molar-refractivity contribution in [1.29, 1.82) is 0 Å². The number of benzene rings is 1. The number of carbonyl (C=O) groups excluding carboxylic acids is 1. The van der Waals surface area contributed by atoms with Gasteiger partial charge in [0.2, 0.25) is 0 Å². The molecule has 1 N–H and O–H groups in total. The highest BCUT2D eigenvalue weighted by atomic mass is 127. The van der Waals surface area contributed by atoms with Gasteiger partial charge >= 0.3 is 12.1 Å². The molecular weight excluding hydrogens is 504 g/mol. The summed E-state index contributed by atoms with van der Waals surface area (Å²) in [7, 11) is 0. The largest absolute Gasteiger partial charge is 0.471 e. The fourth-order valence-electron chi connectivity index (χ4n) is 5.39. The summed E-state index contributed by atoms with van der Waals surface area (Å²) in [5.41, 5.74) is 2.36. The predicted octanol–water partition coefficient (Wildman–Crippen LogP) is 5.40. The summed E-state index contributed by atoms with van der Waals surface area (Å²) in [5.74, 6) is -1.62. The number of carbonyl (C=O) groups is 1. The van der Waals surface area contributed by atoms with Gasteiger partial charge in [-0.15, -0.1) is 0 Å². The second kappa shape index (κ2) is 8.45. The standard InChI is InChI=1S/C23H28F3IN2O/c1-2-15(11-16-5-3-4-6-19(16)27)18-12-20(18)29(21(30)23(24,25)26)17-13-22(14-17)7-9-28-10-8-22/h3-6,11,17-18,20,28H,2,7-10,12-14H2,1H3/b15-11+/t18-,20+/m0/s1. The molecule has 2 atom stereocenters. The molecule has 1 heterocycles. The van der Waals surface area contributed by atoms with Gasteiger partial charge < -0.3 is 10.2 Å². The van der Waals surface area contributed by atoms with Crippen LogP contribution >= 0.6 is 22.6 Å². The molecule has 1 aliphatic heterocycles. The Morgan fingerprint density at radius 2 is 1.93 bits per heavy atom. The van der Waals surface area contributed by atoms with E-state index < -0.39 is 12.1 Å². The number of halogens is 4. The molecule has 0 aromatic heterocycles. The minimum absolute atomic E-state index is 0.0295. The van der Waals surface area contributed by atoms with Gasteiger partial charge in [-0.25, -0.2) is 0 Å². The van der Waals surface area contributed by atoms with E-state index in [2.05, 4.69) is 34.0 Å². The Morgan fingerprint density at radius 3 is 2.53 bits per heavy atom.